The lowest BCUT2D eigenvalue weighted by Gasteiger charge is -2.26. The maximum atomic E-state index is 12.1. The minimum atomic E-state index is -0.259. The second-order valence-electron chi connectivity index (χ2n) is 4.84. The molecular weight excluding hydrogens is 202 g/mol. The van der Waals surface area contributed by atoms with Crippen molar-refractivity contribution in [2.24, 2.45) is 11.1 Å². The minimum absolute atomic E-state index is 0.164. The van der Waals surface area contributed by atoms with Crippen LogP contribution >= 0.6 is 0 Å². The standard InChI is InChI=1S/C12H25N3O/c1-3-15(2)9-8-14-11(16)12(10-13)6-4-5-7-12/h3-10,13H2,1-2H3,(H,14,16). The average Bonchev–Trinajstić information content (AvgIpc) is 2.78. The largest absolute Gasteiger partial charge is 0.354 e. The van der Waals surface area contributed by atoms with E-state index in [0.717, 1.165) is 45.3 Å². The third-order valence-corrected chi connectivity index (χ3v) is 3.75. The van der Waals surface area contributed by atoms with Gasteiger partial charge in [0.1, 0.15) is 0 Å². The topological polar surface area (TPSA) is 58.4 Å². The summed E-state index contributed by atoms with van der Waals surface area (Å²) < 4.78 is 0. The van der Waals surface area contributed by atoms with Crippen LogP contribution in [0.3, 0.4) is 0 Å². The van der Waals surface area contributed by atoms with Crippen molar-refractivity contribution >= 4 is 5.91 Å². The molecule has 0 bridgehead atoms. The van der Waals surface area contributed by atoms with E-state index in [1.165, 1.54) is 0 Å². The first-order valence-electron chi connectivity index (χ1n) is 6.31. The molecule has 0 aliphatic heterocycles. The lowest BCUT2D eigenvalue weighted by molar-refractivity contribution is -0.130. The molecule has 1 amide bonds. The highest BCUT2D eigenvalue weighted by Crippen LogP contribution is 2.37. The number of rotatable bonds is 6. The quantitative estimate of drug-likeness (QED) is 0.697. The summed E-state index contributed by atoms with van der Waals surface area (Å²) in [5.74, 6) is 0.164. The molecule has 3 N–H and O–H groups in total. The van der Waals surface area contributed by atoms with Crippen molar-refractivity contribution in [3.63, 3.8) is 0 Å². The fourth-order valence-corrected chi connectivity index (χ4v) is 2.28. The molecule has 4 heteroatoms. The van der Waals surface area contributed by atoms with Gasteiger partial charge in [-0.25, -0.2) is 0 Å². The second kappa shape index (κ2) is 6.21. The van der Waals surface area contributed by atoms with Gasteiger partial charge in [-0.15, -0.1) is 0 Å². The first-order valence-corrected chi connectivity index (χ1v) is 6.31. The smallest absolute Gasteiger partial charge is 0.227 e. The van der Waals surface area contributed by atoms with Gasteiger partial charge in [0.2, 0.25) is 5.91 Å². The van der Waals surface area contributed by atoms with Crippen molar-refractivity contribution in [2.75, 3.05) is 33.2 Å². The van der Waals surface area contributed by atoms with Crippen LogP contribution in [0.25, 0.3) is 0 Å². The summed E-state index contributed by atoms with van der Waals surface area (Å²) in [6, 6.07) is 0. The zero-order valence-electron chi connectivity index (χ0n) is 10.6. The van der Waals surface area contributed by atoms with Crippen LogP contribution in [0.2, 0.25) is 0 Å². The highest BCUT2D eigenvalue weighted by atomic mass is 16.2. The Hall–Kier alpha value is -0.610. The summed E-state index contributed by atoms with van der Waals surface area (Å²) in [4.78, 5) is 14.2. The Labute approximate surface area is 98.6 Å². The Balaban J connectivity index is 2.33. The Morgan fingerprint density at radius 1 is 1.44 bits per heavy atom. The number of amides is 1. The van der Waals surface area contributed by atoms with Crippen LogP contribution in [0.1, 0.15) is 32.6 Å². The number of carbonyl (C=O) groups is 1. The molecule has 0 spiro atoms. The van der Waals surface area contributed by atoms with Gasteiger partial charge in [0.15, 0.2) is 0 Å². The summed E-state index contributed by atoms with van der Waals surface area (Å²) in [5, 5.41) is 3.02. The second-order valence-corrected chi connectivity index (χ2v) is 4.84. The molecule has 1 saturated carbocycles. The molecule has 0 radical (unpaired) electrons. The van der Waals surface area contributed by atoms with Gasteiger partial charge < -0.3 is 16.0 Å². The first-order chi connectivity index (χ1) is 7.64. The first kappa shape index (κ1) is 13.5. The number of hydrogen-bond donors (Lipinski definition) is 2. The van der Waals surface area contributed by atoms with Gasteiger partial charge >= 0.3 is 0 Å². The molecule has 94 valence electrons. The number of nitrogens with one attached hydrogen (secondary N) is 1. The number of likely N-dealkylation sites (N-methyl/N-ethyl adjacent to an activating group) is 1. The summed E-state index contributed by atoms with van der Waals surface area (Å²) in [6.07, 6.45) is 4.19. The van der Waals surface area contributed by atoms with Crippen LogP contribution in [0.5, 0.6) is 0 Å². The van der Waals surface area contributed by atoms with Crippen LogP contribution in [0.15, 0.2) is 0 Å². The molecule has 1 aliphatic carbocycles. The summed E-state index contributed by atoms with van der Waals surface area (Å²) in [5.41, 5.74) is 5.50. The predicted octanol–water partition coefficient (Wildman–Crippen LogP) is 0.573. The molecule has 0 unspecified atom stereocenters. The molecule has 16 heavy (non-hydrogen) atoms. The van der Waals surface area contributed by atoms with Gasteiger partial charge in [0.05, 0.1) is 5.41 Å². The van der Waals surface area contributed by atoms with Crippen LogP contribution < -0.4 is 11.1 Å². The maximum Gasteiger partial charge on any atom is 0.227 e. The van der Waals surface area contributed by atoms with Crippen molar-refractivity contribution in [2.45, 2.75) is 32.6 Å². The summed E-state index contributed by atoms with van der Waals surface area (Å²) >= 11 is 0. The molecule has 0 aromatic carbocycles. The normalized spacial score (nSPS) is 19.0. The molecular formula is C12H25N3O. The van der Waals surface area contributed by atoms with Crippen LogP contribution in [0.4, 0.5) is 0 Å². The zero-order valence-corrected chi connectivity index (χ0v) is 10.6. The van der Waals surface area contributed by atoms with Gasteiger partial charge in [0, 0.05) is 19.6 Å². The van der Waals surface area contributed by atoms with E-state index in [1.54, 1.807) is 0 Å². The molecule has 1 fully saturated rings. The molecule has 1 aliphatic rings. The number of hydrogen-bond acceptors (Lipinski definition) is 3. The fraction of sp³-hybridized carbons (Fsp3) is 0.917. The highest BCUT2D eigenvalue weighted by Gasteiger charge is 2.39. The highest BCUT2D eigenvalue weighted by molar-refractivity contribution is 5.83. The van der Waals surface area contributed by atoms with Crippen LogP contribution in [-0.4, -0.2) is 44.0 Å². The molecule has 1 rings (SSSR count). The number of carbonyl (C=O) groups excluding carboxylic acids is 1. The Kier molecular flexibility index (Phi) is 5.22. The van der Waals surface area contributed by atoms with Gasteiger partial charge in [-0.05, 0) is 26.4 Å². The van der Waals surface area contributed by atoms with E-state index in [9.17, 15) is 4.79 Å². The predicted molar refractivity (Wildman–Crippen MR) is 66.1 cm³/mol. The minimum Gasteiger partial charge on any atom is -0.354 e. The monoisotopic (exact) mass is 227 g/mol. The Morgan fingerprint density at radius 3 is 2.56 bits per heavy atom. The average molecular weight is 227 g/mol. The Bertz CT molecular complexity index is 224. The number of nitrogens with two attached hydrogens (primary N) is 1. The Morgan fingerprint density at radius 2 is 2.06 bits per heavy atom. The SMILES string of the molecule is CCN(C)CCNC(=O)C1(CN)CCCC1. The lowest BCUT2D eigenvalue weighted by Crippen LogP contribution is -2.46. The van der Waals surface area contributed by atoms with Crippen molar-refractivity contribution < 1.29 is 4.79 Å². The lowest BCUT2D eigenvalue weighted by atomic mass is 9.85. The summed E-state index contributed by atoms with van der Waals surface area (Å²) in [7, 11) is 2.06. The van der Waals surface area contributed by atoms with E-state index in [4.69, 9.17) is 5.73 Å². The third kappa shape index (κ3) is 3.19. The molecule has 0 atom stereocenters. The zero-order chi connectivity index (χ0) is 12.0. The van der Waals surface area contributed by atoms with Gasteiger partial charge in [-0.1, -0.05) is 19.8 Å². The summed E-state index contributed by atoms with van der Waals surface area (Å²) in [6.45, 7) is 5.24. The van der Waals surface area contributed by atoms with Crippen molar-refractivity contribution in [1.82, 2.24) is 10.2 Å². The third-order valence-electron chi connectivity index (χ3n) is 3.75. The van der Waals surface area contributed by atoms with Crippen LogP contribution in [-0.2, 0) is 4.79 Å². The molecule has 0 aromatic heterocycles. The maximum absolute atomic E-state index is 12.1. The van der Waals surface area contributed by atoms with E-state index in [2.05, 4.69) is 24.2 Å². The molecule has 0 saturated heterocycles. The van der Waals surface area contributed by atoms with E-state index in [-0.39, 0.29) is 11.3 Å². The molecule has 0 heterocycles. The van der Waals surface area contributed by atoms with E-state index >= 15 is 0 Å². The van der Waals surface area contributed by atoms with Gasteiger partial charge in [-0.2, -0.15) is 0 Å². The molecule has 0 aromatic rings. The van der Waals surface area contributed by atoms with Gasteiger partial charge in [0.25, 0.3) is 0 Å². The van der Waals surface area contributed by atoms with E-state index < -0.39 is 0 Å². The van der Waals surface area contributed by atoms with Crippen LogP contribution in [0, 0.1) is 5.41 Å². The van der Waals surface area contributed by atoms with E-state index in [1.807, 2.05) is 0 Å². The van der Waals surface area contributed by atoms with E-state index in [0.29, 0.717) is 6.54 Å². The fourth-order valence-electron chi connectivity index (χ4n) is 2.28. The number of nitrogens with zero attached hydrogens (tertiary/aromatic N) is 1. The van der Waals surface area contributed by atoms with Crippen molar-refractivity contribution in [3.8, 4) is 0 Å². The van der Waals surface area contributed by atoms with Crippen molar-refractivity contribution in [3.05, 3.63) is 0 Å². The molecule has 4 nitrogen and oxygen atoms in total. The van der Waals surface area contributed by atoms with Crippen molar-refractivity contribution in [1.29, 1.82) is 0 Å². The van der Waals surface area contributed by atoms with Gasteiger partial charge in [-0.3, -0.25) is 4.79 Å².